The van der Waals surface area contributed by atoms with Crippen LogP contribution in [0, 0.1) is 11.8 Å². The molecule has 3 heterocycles. The highest BCUT2D eigenvalue weighted by molar-refractivity contribution is 9.09. The van der Waals surface area contributed by atoms with Crippen LogP contribution in [0.1, 0.15) is 57.3 Å². The first-order valence-electron chi connectivity index (χ1n) is 20.2. The van der Waals surface area contributed by atoms with Gasteiger partial charge < -0.3 is 34.6 Å². The van der Waals surface area contributed by atoms with Crippen molar-refractivity contribution in [1.82, 2.24) is 10.2 Å². The fourth-order valence-corrected chi connectivity index (χ4v) is 10.1. The number of aliphatic hydroxyl groups excluding tert-OH is 1. The molecule has 3 amide bonds. The molecule has 3 fully saturated rings. The van der Waals surface area contributed by atoms with E-state index in [9.17, 15) is 14.7 Å². The number of rotatable bonds is 19. The van der Waals surface area contributed by atoms with Crippen LogP contribution in [0.25, 0.3) is 0 Å². The third-order valence-electron chi connectivity index (χ3n) is 11.8. The number of ether oxygens (including phenoxy) is 2. The summed E-state index contributed by atoms with van der Waals surface area (Å²) in [4.78, 5) is 63.0. The number of allylic oxidation sites excluding steroid dienone is 1. The standard InChI is InChI=1S/C46H55BrN4O7/c1-6-10-21-37(53)48-30(5)40(32-19-15-12-16-20-32)57-45(56)38-39-43(54)51(35(29-52)27-31-17-13-11-14-18-31)42(46(39)28-36(47)41(38)58-46)44(55)50(26-7-2)34-24-22-33(23-25-34)49(8-3)9-4/h6-7,11-20,22-25,30,35-36,38-42,52H,1-2,8-10,21,26-29H2,3-5H3,(H,48,53)/t30-,35+,36?,38-,39+,40-,41-,42-,46+/m0/s1. The number of fused-ring (bicyclic) bond motifs is 1. The minimum atomic E-state index is -1.42. The molecule has 11 nitrogen and oxygen atoms in total. The zero-order valence-electron chi connectivity index (χ0n) is 33.5. The summed E-state index contributed by atoms with van der Waals surface area (Å²) in [6.45, 7) is 15.0. The maximum atomic E-state index is 15.4. The number of hydrogen-bond donors (Lipinski definition) is 2. The van der Waals surface area contributed by atoms with Gasteiger partial charge >= 0.3 is 5.97 Å². The lowest BCUT2D eigenvalue weighted by atomic mass is 9.70. The number of esters is 1. The Labute approximate surface area is 350 Å². The normalized spacial score (nSPS) is 24.7. The SMILES string of the molecule is C=CCCC(=O)N[C@@H](C)[C@H](OC(=O)[C@@H]1[C@H]2O[C@@]3(CC2Br)[C@H](C(=O)N(CC=C)c2ccc(N(CC)CC)cc2)N([C@@H](CO)Cc2ccccc2)C(=O)[C@@H]13)c1ccccc1. The molecule has 3 aromatic rings. The van der Waals surface area contributed by atoms with Crippen molar-refractivity contribution in [3.8, 4) is 0 Å². The van der Waals surface area contributed by atoms with Gasteiger partial charge in [-0.15, -0.1) is 13.2 Å². The molecule has 0 aliphatic carbocycles. The summed E-state index contributed by atoms with van der Waals surface area (Å²) < 4.78 is 13.2. The molecule has 9 atom stereocenters. The Bertz CT molecular complexity index is 1930. The molecule has 3 aliphatic heterocycles. The number of halogens is 1. The first-order chi connectivity index (χ1) is 28.0. The number of amides is 3. The van der Waals surface area contributed by atoms with Gasteiger partial charge in [-0.1, -0.05) is 88.7 Å². The minimum Gasteiger partial charge on any atom is -0.455 e. The Hall–Kier alpha value is -4.78. The van der Waals surface area contributed by atoms with E-state index in [4.69, 9.17) is 9.47 Å². The lowest BCUT2D eigenvalue weighted by Gasteiger charge is -2.39. The van der Waals surface area contributed by atoms with Crippen molar-refractivity contribution in [1.29, 1.82) is 0 Å². The van der Waals surface area contributed by atoms with E-state index < -0.39 is 77.0 Å². The van der Waals surface area contributed by atoms with Gasteiger partial charge in [0.05, 0.1) is 36.6 Å². The maximum Gasteiger partial charge on any atom is 0.313 e. The van der Waals surface area contributed by atoms with Gasteiger partial charge in [0, 0.05) is 42.3 Å². The van der Waals surface area contributed by atoms with Crippen LogP contribution >= 0.6 is 15.9 Å². The summed E-state index contributed by atoms with van der Waals surface area (Å²) in [5.41, 5.74) is 1.75. The number of likely N-dealkylation sites (tertiary alicyclic amines) is 1. The minimum absolute atomic E-state index is 0.146. The molecule has 58 heavy (non-hydrogen) atoms. The van der Waals surface area contributed by atoms with Crippen LogP contribution in [0.5, 0.6) is 0 Å². The molecule has 1 spiro atoms. The second-order valence-corrected chi connectivity index (χ2v) is 16.5. The summed E-state index contributed by atoms with van der Waals surface area (Å²) in [6, 6.07) is 23.8. The fourth-order valence-electron chi connectivity index (χ4n) is 9.12. The number of nitrogens with zero attached hydrogens (tertiary/aromatic N) is 3. The molecule has 2 N–H and O–H groups in total. The highest BCUT2D eigenvalue weighted by Gasteiger charge is 2.77. The van der Waals surface area contributed by atoms with Gasteiger partial charge in [0.1, 0.15) is 17.7 Å². The van der Waals surface area contributed by atoms with Crippen molar-refractivity contribution in [2.24, 2.45) is 11.8 Å². The summed E-state index contributed by atoms with van der Waals surface area (Å²) in [6.07, 6.45) is 2.91. The Morgan fingerprint density at radius 2 is 1.64 bits per heavy atom. The number of benzene rings is 3. The van der Waals surface area contributed by atoms with Gasteiger partial charge in [0.25, 0.3) is 5.91 Å². The molecule has 0 radical (unpaired) electrons. The third kappa shape index (κ3) is 8.37. The average molecular weight is 856 g/mol. The molecule has 308 valence electrons. The van der Waals surface area contributed by atoms with Crippen molar-refractivity contribution in [2.45, 2.75) is 87.2 Å². The van der Waals surface area contributed by atoms with E-state index in [2.05, 4.69) is 53.2 Å². The number of nitrogens with one attached hydrogen (secondary N) is 1. The van der Waals surface area contributed by atoms with E-state index in [-0.39, 0.29) is 31.7 Å². The molecule has 12 heteroatoms. The maximum absolute atomic E-state index is 15.4. The van der Waals surface area contributed by atoms with E-state index in [1.54, 1.807) is 24.0 Å². The van der Waals surface area contributed by atoms with Crippen LogP contribution in [-0.2, 0) is 35.1 Å². The molecule has 2 bridgehead atoms. The first-order valence-corrected chi connectivity index (χ1v) is 21.2. The summed E-state index contributed by atoms with van der Waals surface area (Å²) >= 11 is 3.78. The highest BCUT2D eigenvalue weighted by Crippen LogP contribution is 2.61. The molecule has 0 aromatic heterocycles. The molecule has 1 unspecified atom stereocenters. The van der Waals surface area contributed by atoms with Crippen molar-refractivity contribution >= 4 is 51.0 Å². The van der Waals surface area contributed by atoms with Crippen molar-refractivity contribution in [3.63, 3.8) is 0 Å². The average Bonchev–Trinajstić information content (AvgIpc) is 3.84. The van der Waals surface area contributed by atoms with Crippen LogP contribution in [-0.4, -0.2) is 94.6 Å². The van der Waals surface area contributed by atoms with Gasteiger partial charge in [-0.25, -0.2) is 0 Å². The molecule has 3 aliphatic rings. The van der Waals surface area contributed by atoms with Gasteiger partial charge in [0.2, 0.25) is 11.8 Å². The van der Waals surface area contributed by atoms with Crippen LogP contribution in [0.2, 0.25) is 0 Å². The molecule has 3 saturated heterocycles. The van der Waals surface area contributed by atoms with Gasteiger partial charge in [0.15, 0.2) is 0 Å². The molecular weight excluding hydrogens is 800 g/mol. The van der Waals surface area contributed by atoms with Gasteiger partial charge in [-0.3, -0.25) is 19.2 Å². The number of anilines is 2. The summed E-state index contributed by atoms with van der Waals surface area (Å²) in [5, 5.41) is 14.0. The monoisotopic (exact) mass is 854 g/mol. The Kier molecular flexibility index (Phi) is 13.9. The molecule has 3 aromatic carbocycles. The topological polar surface area (TPSA) is 129 Å². The van der Waals surface area contributed by atoms with E-state index in [0.717, 1.165) is 24.3 Å². The largest absolute Gasteiger partial charge is 0.455 e. The lowest BCUT2D eigenvalue weighted by Crippen LogP contribution is -2.59. The fraction of sp³-hybridized carbons (Fsp3) is 0.435. The second-order valence-electron chi connectivity index (χ2n) is 15.3. The molecule has 0 saturated carbocycles. The number of carbonyl (C=O) groups is 4. The summed E-state index contributed by atoms with van der Waals surface area (Å²) in [7, 11) is 0. The number of hydrogen-bond acceptors (Lipinski definition) is 8. The van der Waals surface area contributed by atoms with Crippen LogP contribution in [0.3, 0.4) is 0 Å². The second kappa shape index (κ2) is 18.9. The predicted octanol–water partition coefficient (Wildman–Crippen LogP) is 6.16. The third-order valence-corrected chi connectivity index (χ3v) is 12.7. The first kappa shape index (κ1) is 42.8. The van der Waals surface area contributed by atoms with E-state index in [1.165, 1.54) is 4.90 Å². The Morgan fingerprint density at radius 3 is 2.24 bits per heavy atom. The van der Waals surface area contributed by atoms with Crippen molar-refractivity contribution in [2.75, 3.05) is 36.0 Å². The van der Waals surface area contributed by atoms with Gasteiger partial charge in [-0.05, 0) is 75.4 Å². The summed E-state index contributed by atoms with van der Waals surface area (Å²) in [5.74, 6) is -3.89. The van der Waals surface area contributed by atoms with Gasteiger partial charge in [-0.2, -0.15) is 0 Å². The van der Waals surface area contributed by atoms with E-state index >= 15 is 9.59 Å². The smallest absolute Gasteiger partial charge is 0.313 e. The van der Waals surface area contributed by atoms with Crippen LogP contribution < -0.4 is 15.1 Å². The predicted molar refractivity (Wildman–Crippen MR) is 228 cm³/mol. The van der Waals surface area contributed by atoms with E-state index in [0.29, 0.717) is 17.7 Å². The van der Waals surface area contributed by atoms with Crippen LogP contribution in [0.4, 0.5) is 11.4 Å². The lowest BCUT2D eigenvalue weighted by molar-refractivity contribution is -0.162. The Morgan fingerprint density at radius 1 is 1.00 bits per heavy atom. The number of carbonyl (C=O) groups excluding carboxylic acids is 4. The molecular formula is C46H55BrN4O7. The zero-order chi connectivity index (χ0) is 41.6. The van der Waals surface area contributed by atoms with Crippen molar-refractivity contribution < 1.29 is 33.8 Å². The Balaban J connectivity index is 1.40. The quantitative estimate of drug-likeness (QED) is 0.0835. The highest BCUT2D eigenvalue weighted by atomic mass is 79.9. The number of alkyl halides is 1. The zero-order valence-corrected chi connectivity index (χ0v) is 35.1. The van der Waals surface area contributed by atoms with Crippen molar-refractivity contribution in [3.05, 3.63) is 121 Å². The van der Waals surface area contributed by atoms with Crippen LogP contribution in [0.15, 0.2) is 110 Å². The molecule has 6 rings (SSSR count). The number of aliphatic hydroxyl groups is 1. The van der Waals surface area contributed by atoms with E-state index in [1.807, 2.05) is 84.9 Å².